The summed E-state index contributed by atoms with van der Waals surface area (Å²) in [5.41, 5.74) is 4.45. The first-order chi connectivity index (χ1) is 14.6. The molecule has 0 bridgehead atoms. The highest BCUT2D eigenvalue weighted by Crippen LogP contribution is 2.32. The molecular formula is C24H32N2O4. The first-order valence-corrected chi connectivity index (χ1v) is 10.9. The summed E-state index contributed by atoms with van der Waals surface area (Å²) in [4.78, 5) is 14.5. The van der Waals surface area contributed by atoms with Crippen LogP contribution in [0.4, 0.5) is 0 Å². The Morgan fingerprint density at radius 2 is 2.10 bits per heavy atom. The maximum Gasteiger partial charge on any atom is 0.197 e. The second kappa shape index (κ2) is 9.77. The van der Waals surface area contributed by atoms with Crippen molar-refractivity contribution in [3.05, 3.63) is 51.7 Å². The normalized spacial score (nSPS) is 18.2. The fourth-order valence-corrected chi connectivity index (χ4v) is 4.13. The Kier molecular flexibility index (Phi) is 6.87. The zero-order chi connectivity index (χ0) is 20.9. The Morgan fingerprint density at radius 3 is 2.90 bits per heavy atom. The largest absolute Gasteiger partial charge is 0.476 e. The van der Waals surface area contributed by atoms with Gasteiger partial charge in [0.05, 0.1) is 25.0 Å². The topological polar surface area (TPSA) is 52.9 Å². The third-order valence-electron chi connectivity index (χ3n) is 5.79. The Balaban J connectivity index is 1.49. The molecule has 0 saturated carbocycles. The number of ether oxygens (including phenoxy) is 3. The van der Waals surface area contributed by atoms with Crippen LogP contribution in [0.3, 0.4) is 0 Å². The molecule has 1 unspecified atom stereocenters. The number of nitrogens with zero attached hydrogens (tertiary/aromatic N) is 2. The standard InChI is InChI=1S/C24H32N2O4/c1-25(2)10-12-28-16-18-6-7-22-19(13-18)8-9-26-23(22)14-20(27)15-24(26)30-17-21-5-3-4-11-29-21/h6-7,13-15,21H,3-5,8-12,16-17H2,1-2H3. The highest BCUT2D eigenvalue weighted by atomic mass is 16.5. The fourth-order valence-electron chi connectivity index (χ4n) is 4.13. The number of benzene rings is 1. The molecule has 0 N–H and O–H groups in total. The summed E-state index contributed by atoms with van der Waals surface area (Å²) in [7, 11) is 4.09. The van der Waals surface area contributed by atoms with Gasteiger partial charge < -0.3 is 23.7 Å². The van der Waals surface area contributed by atoms with Gasteiger partial charge in [-0.1, -0.05) is 18.2 Å². The Morgan fingerprint density at radius 1 is 1.20 bits per heavy atom. The summed E-state index contributed by atoms with van der Waals surface area (Å²) >= 11 is 0. The summed E-state index contributed by atoms with van der Waals surface area (Å²) in [5, 5.41) is 0. The van der Waals surface area contributed by atoms with Gasteiger partial charge in [-0.15, -0.1) is 0 Å². The van der Waals surface area contributed by atoms with Crippen LogP contribution in [0.2, 0.25) is 0 Å². The van der Waals surface area contributed by atoms with Crippen LogP contribution in [0.15, 0.2) is 35.1 Å². The van der Waals surface area contributed by atoms with Gasteiger partial charge in [-0.05, 0) is 50.9 Å². The van der Waals surface area contributed by atoms with Gasteiger partial charge in [0.2, 0.25) is 0 Å². The second-order valence-electron chi connectivity index (χ2n) is 8.46. The quantitative estimate of drug-likeness (QED) is 0.624. The van der Waals surface area contributed by atoms with Gasteiger partial charge >= 0.3 is 0 Å². The van der Waals surface area contributed by atoms with Crippen molar-refractivity contribution in [1.29, 1.82) is 0 Å². The molecule has 2 aliphatic rings. The first-order valence-electron chi connectivity index (χ1n) is 10.9. The molecule has 1 fully saturated rings. The van der Waals surface area contributed by atoms with Crippen molar-refractivity contribution in [2.45, 2.75) is 44.9 Å². The smallest absolute Gasteiger partial charge is 0.197 e. The molecule has 1 saturated heterocycles. The maximum atomic E-state index is 12.4. The average Bonchev–Trinajstić information content (AvgIpc) is 2.75. The molecule has 0 aliphatic carbocycles. The van der Waals surface area contributed by atoms with Crippen molar-refractivity contribution in [2.24, 2.45) is 0 Å². The average molecular weight is 413 g/mol. The predicted molar refractivity (Wildman–Crippen MR) is 117 cm³/mol. The van der Waals surface area contributed by atoms with E-state index in [4.69, 9.17) is 14.2 Å². The molecular weight excluding hydrogens is 380 g/mol. The lowest BCUT2D eigenvalue weighted by molar-refractivity contribution is -0.0127. The molecule has 30 heavy (non-hydrogen) atoms. The molecule has 0 spiro atoms. The van der Waals surface area contributed by atoms with E-state index in [0.717, 1.165) is 50.2 Å². The van der Waals surface area contributed by atoms with Crippen LogP contribution in [-0.4, -0.2) is 56.0 Å². The van der Waals surface area contributed by atoms with Gasteiger partial charge in [-0.2, -0.15) is 0 Å². The summed E-state index contributed by atoms with van der Waals surface area (Å²) in [6, 6.07) is 9.73. The van der Waals surface area contributed by atoms with Crippen LogP contribution in [-0.2, 0) is 29.0 Å². The zero-order valence-electron chi connectivity index (χ0n) is 18.1. The lowest BCUT2D eigenvalue weighted by Crippen LogP contribution is -2.27. The number of aryl methyl sites for hydroxylation is 1. The van der Waals surface area contributed by atoms with Gasteiger partial charge in [0.1, 0.15) is 6.61 Å². The summed E-state index contributed by atoms with van der Waals surface area (Å²) in [5.74, 6) is 0.647. The molecule has 4 rings (SSSR count). The molecule has 162 valence electrons. The maximum absolute atomic E-state index is 12.4. The lowest BCUT2D eigenvalue weighted by Gasteiger charge is -2.27. The Bertz CT molecular complexity index is 916. The molecule has 1 aromatic carbocycles. The minimum absolute atomic E-state index is 0.0234. The number of hydrogen-bond donors (Lipinski definition) is 0. The van der Waals surface area contributed by atoms with E-state index >= 15 is 0 Å². The number of likely N-dealkylation sites (N-methyl/N-ethyl adjacent to an activating group) is 1. The molecule has 2 aliphatic heterocycles. The molecule has 6 heteroatoms. The first kappa shape index (κ1) is 21.1. The van der Waals surface area contributed by atoms with Crippen molar-refractivity contribution in [1.82, 2.24) is 9.47 Å². The van der Waals surface area contributed by atoms with Crippen LogP contribution in [0, 0.1) is 0 Å². The third kappa shape index (κ3) is 5.12. The van der Waals surface area contributed by atoms with Gasteiger partial charge in [0.15, 0.2) is 11.3 Å². The Labute approximate surface area is 178 Å². The number of pyridine rings is 1. The summed E-state index contributed by atoms with van der Waals surface area (Å²) in [6.07, 6.45) is 4.35. The van der Waals surface area contributed by atoms with Gasteiger partial charge in [0.25, 0.3) is 0 Å². The van der Waals surface area contributed by atoms with E-state index in [9.17, 15) is 4.79 Å². The van der Waals surface area contributed by atoms with Gasteiger partial charge in [-0.25, -0.2) is 0 Å². The third-order valence-corrected chi connectivity index (χ3v) is 5.79. The van der Waals surface area contributed by atoms with E-state index in [-0.39, 0.29) is 11.5 Å². The molecule has 6 nitrogen and oxygen atoms in total. The summed E-state index contributed by atoms with van der Waals surface area (Å²) < 4.78 is 19.7. The highest BCUT2D eigenvalue weighted by Gasteiger charge is 2.21. The number of hydrogen-bond acceptors (Lipinski definition) is 5. The van der Waals surface area contributed by atoms with Crippen molar-refractivity contribution in [3.63, 3.8) is 0 Å². The molecule has 1 atom stereocenters. The van der Waals surface area contributed by atoms with Gasteiger partial charge in [-0.3, -0.25) is 4.79 Å². The van der Waals surface area contributed by atoms with E-state index in [0.29, 0.717) is 25.7 Å². The van der Waals surface area contributed by atoms with Crippen molar-refractivity contribution < 1.29 is 14.2 Å². The molecule has 0 amide bonds. The summed E-state index contributed by atoms with van der Waals surface area (Å²) in [6.45, 7) is 4.34. The number of aromatic nitrogens is 1. The SMILES string of the molecule is CN(C)CCOCc1ccc2c(c1)CCn1c(OCC3CCCCO3)cc(=O)cc1-2. The highest BCUT2D eigenvalue weighted by molar-refractivity contribution is 5.67. The van der Waals surface area contributed by atoms with Gasteiger partial charge in [0, 0.05) is 37.4 Å². The Hall–Kier alpha value is -2.15. The molecule has 1 aromatic heterocycles. The zero-order valence-corrected chi connectivity index (χ0v) is 18.1. The van der Waals surface area contributed by atoms with Crippen molar-refractivity contribution in [3.8, 4) is 17.1 Å². The second-order valence-corrected chi connectivity index (χ2v) is 8.46. The van der Waals surface area contributed by atoms with Crippen molar-refractivity contribution >= 4 is 0 Å². The van der Waals surface area contributed by atoms with E-state index < -0.39 is 0 Å². The minimum atomic E-state index is -0.0234. The van der Waals surface area contributed by atoms with Crippen LogP contribution in [0.1, 0.15) is 30.4 Å². The fraction of sp³-hybridized carbons (Fsp3) is 0.542. The minimum Gasteiger partial charge on any atom is -0.476 e. The monoisotopic (exact) mass is 412 g/mol. The van der Waals surface area contributed by atoms with Crippen LogP contribution in [0.25, 0.3) is 11.3 Å². The van der Waals surface area contributed by atoms with Crippen molar-refractivity contribution in [2.75, 3.05) is 40.5 Å². The van der Waals surface area contributed by atoms with Crippen LogP contribution >= 0.6 is 0 Å². The lowest BCUT2D eigenvalue weighted by atomic mass is 9.95. The number of rotatable bonds is 8. The van der Waals surface area contributed by atoms with Crippen LogP contribution in [0.5, 0.6) is 5.88 Å². The molecule has 3 heterocycles. The predicted octanol–water partition coefficient (Wildman–Crippen LogP) is 3.10. The van der Waals surface area contributed by atoms with E-state index in [1.54, 1.807) is 12.1 Å². The van der Waals surface area contributed by atoms with Crippen LogP contribution < -0.4 is 10.2 Å². The molecule has 0 radical (unpaired) electrons. The van der Waals surface area contributed by atoms with E-state index in [2.05, 4.69) is 27.7 Å². The van der Waals surface area contributed by atoms with E-state index in [1.807, 2.05) is 14.1 Å². The molecule has 2 aromatic rings. The number of fused-ring (bicyclic) bond motifs is 3. The van der Waals surface area contributed by atoms with E-state index in [1.165, 1.54) is 17.5 Å².